The van der Waals surface area contributed by atoms with Crippen LogP contribution in [0.25, 0.3) is 0 Å². The largest absolute Gasteiger partial charge is 0.508 e. The van der Waals surface area contributed by atoms with Crippen LogP contribution in [0.3, 0.4) is 0 Å². The van der Waals surface area contributed by atoms with Gasteiger partial charge in [0.15, 0.2) is 0 Å². The number of rotatable bonds is 0. The third-order valence-electron chi connectivity index (χ3n) is 4.54. The lowest BCUT2D eigenvalue weighted by Gasteiger charge is -2.17. The number of cyclic esters (lactones) is 1. The number of fused-ring (bicyclic) bond motifs is 2. The maximum absolute atomic E-state index is 12.5. The maximum atomic E-state index is 12.5. The van der Waals surface area contributed by atoms with E-state index < -0.39 is 12.1 Å². The molecule has 2 unspecified atom stereocenters. The van der Waals surface area contributed by atoms with Gasteiger partial charge >= 0.3 is 5.97 Å². The first-order valence-electron chi connectivity index (χ1n) is 8.23. The van der Waals surface area contributed by atoms with Crippen molar-refractivity contribution in [3.05, 3.63) is 47.6 Å². The Morgan fingerprint density at radius 2 is 1.88 bits per heavy atom. The van der Waals surface area contributed by atoms with Crippen molar-refractivity contribution in [2.24, 2.45) is 11.8 Å². The third kappa shape index (κ3) is 3.79. The van der Waals surface area contributed by atoms with Gasteiger partial charge in [0.25, 0.3) is 0 Å². The van der Waals surface area contributed by atoms with Gasteiger partial charge in [-0.05, 0) is 43.2 Å². The van der Waals surface area contributed by atoms with Crippen LogP contribution in [-0.2, 0) is 11.2 Å². The number of hydrogen-bond donors (Lipinski definition) is 3. The van der Waals surface area contributed by atoms with Gasteiger partial charge in [-0.1, -0.05) is 24.3 Å². The number of ether oxygens (including phenoxy) is 1. The Morgan fingerprint density at radius 1 is 1.12 bits per heavy atom. The molecule has 5 heteroatoms. The SMILES string of the molecule is CC1C[C@H]2CC2/C=C\C=C\[C@@H](O)Cc2cc(O)cc(O)c2C(=O)O1. The highest BCUT2D eigenvalue weighted by molar-refractivity contribution is 5.94. The number of benzene rings is 1. The highest BCUT2D eigenvalue weighted by Gasteiger charge is 2.36. The number of aliphatic hydroxyl groups is 1. The number of phenolic OH excluding ortho intramolecular Hbond substituents is 2. The number of carbonyl (C=O) groups excluding carboxylic acids is 1. The van der Waals surface area contributed by atoms with Gasteiger partial charge in [0, 0.05) is 12.5 Å². The molecule has 1 aliphatic heterocycles. The molecule has 0 radical (unpaired) electrons. The zero-order valence-electron chi connectivity index (χ0n) is 13.6. The fraction of sp³-hybridized carbons (Fsp3) is 0.421. The summed E-state index contributed by atoms with van der Waals surface area (Å²) in [5, 5.41) is 29.9. The van der Waals surface area contributed by atoms with Crippen LogP contribution in [-0.4, -0.2) is 33.5 Å². The van der Waals surface area contributed by atoms with E-state index in [9.17, 15) is 20.1 Å². The van der Waals surface area contributed by atoms with Gasteiger partial charge in [0.2, 0.25) is 0 Å². The predicted molar refractivity (Wildman–Crippen MR) is 88.9 cm³/mol. The molecule has 4 atom stereocenters. The highest BCUT2D eigenvalue weighted by atomic mass is 16.5. The van der Waals surface area contributed by atoms with Gasteiger partial charge in [0.05, 0.1) is 12.2 Å². The molecule has 1 aromatic rings. The normalized spacial score (nSPS) is 32.7. The van der Waals surface area contributed by atoms with Gasteiger partial charge in [-0.2, -0.15) is 0 Å². The third-order valence-corrected chi connectivity index (χ3v) is 4.54. The molecule has 0 amide bonds. The molecule has 1 fully saturated rings. The molecular formula is C19H22O5. The summed E-state index contributed by atoms with van der Waals surface area (Å²) in [7, 11) is 0. The highest BCUT2D eigenvalue weighted by Crippen LogP contribution is 2.43. The Hall–Kier alpha value is -2.27. The van der Waals surface area contributed by atoms with Crippen LogP contribution in [0.5, 0.6) is 11.5 Å². The van der Waals surface area contributed by atoms with Gasteiger partial charge in [0.1, 0.15) is 17.1 Å². The number of aliphatic hydroxyl groups excluding tert-OH is 1. The van der Waals surface area contributed by atoms with E-state index in [1.54, 1.807) is 12.2 Å². The van der Waals surface area contributed by atoms with Crippen LogP contribution >= 0.6 is 0 Å². The van der Waals surface area contributed by atoms with Crippen molar-refractivity contribution in [1.29, 1.82) is 0 Å². The van der Waals surface area contributed by atoms with E-state index in [0.717, 1.165) is 18.9 Å². The van der Waals surface area contributed by atoms with E-state index in [4.69, 9.17) is 4.74 Å². The number of phenols is 2. The molecule has 0 spiro atoms. The Morgan fingerprint density at radius 3 is 2.67 bits per heavy atom. The van der Waals surface area contributed by atoms with Crippen LogP contribution in [0.4, 0.5) is 0 Å². The van der Waals surface area contributed by atoms with Crippen molar-refractivity contribution in [3.63, 3.8) is 0 Å². The minimum Gasteiger partial charge on any atom is -0.508 e. The minimum absolute atomic E-state index is 0.00653. The summed E-state index contributed by atoms with van der Waals surface area (Å²) in [5.74, 6) is -0.137. The van der Waals surface area contributed by atoms with E-state index >= 15 is 0 Å². The standard InChI is InChI=1S/C19H22O5/c1-11-6-13-7-12(13)4-2-3-5-15(20)8-14-9-16(21)10-17(22)18(14)19(23)24-11/h2-5,9-13,15,20-22H,6-8H2,1H3/b4-2-,5-3+/t11?,12?,13-,15+/m0/s1. The number of allylic oxidation sites excluding steroid dienone is 3. The van der Waals surface area contributed by atoms with Crippen molar-refractivity contribution in [1.82, 2.24) is 0 Å². The summed E-state index contributed by atoms with van der Waals surface area (Å²) >= 11 is 0. The number of aromatic hydroxyl groups is 2. The summed E-state index contributed by atoms with van der Waals surface area (Å²) in [5.41, 5.74) is 0.360. The van der Waals surface area contributed by atoms with Gasteiger partial charge in [-0.3, -0.25) is 0 Å². The fourth-order valence-electron chi connectivity index (χ4n) is 3.25. The zero-order valence-corrected chi connectivity index (χ0v) is 13.6. The smallest absolute Gasteiger partial charge is 0.342 e. The molecule has 1 saturated carbocycles. The lowest BCUT2D eigenvalue weighted by Crippen LogP contribution is -2.19. The van der Waals surface area contributed by atoms with Gasteiger partial charge in [-0.25, -0.2) is 4.79 Å². The van der Waals surface area contributed by atoms with Gasteiger partial charge in [-0.15, -0.1) is 0 Å². The van der Waals surface area contributed by atoms with E-state index in [2.05, 4.69) is 6.08 Å². The lowest BCUT2D eigenvalue weighted by atomic mass is 9.99. The van der Waals surface area contributed by atoms with Crippen molar-refractivity contribution >= 4 is 5.97 Å². The van der Waals surface area contributed by atoms with Crippen LogP contribution < -0.4 is 0 Å². The molecule has 1 heterocycles. The van der Waals surface area contributed by atoms with Crippen LogP contribution in [0.15, 0.2) is 36.4 Å². The van der Waals surface area contributed by atoms with Crippen molar-refractivity contribution in [3.8, 4) is 11.5 Å². The average Bonchev–Trinajstić information content (AvgIpc) is 3.19. The number of esters is 1. The van der Waals surface area contributed by atoms with E-state index in [-0.39, 0.29) is 29.6 Å². The average molecular weight is 330 g/mol. The van der Waals surface area contributed by atoms with E-state index in [1.165, 1.54) is 6.07 Å². The summed E-state index contributed by atoms with van der Waals surface area (Å²) in [6.07, 6.45) is 8.30. The summed E-state index contributed by atoms with van der Waals surface area (Å²) in [6.45, 7) is 1.84. The Labute approximate surface area is 140 Å². The molecule has 1 aromatic carbocycles. The topological polar surface area (TPSA) is 87.0 Å². The molecule has 128 valence electrons. The lowest BCUT2D eigenvalue weighted by molar-refractivity contribution is 0.0306. The molecule has 24 heavy (non-hydrogen) atoms. The van der Waals surface area contributed by atoms with Crippen molar-refractivity contribution < 1.29 is 24.9 Å². The molecule has 0 saturated heterocycles. The summed E-state index contributed by atoms with van der Waals surface area (Å²) in [4.78, 5) is 12.5. The molecule has 0 bridgehead atoms. The summed E-state index contributed by atoms with van der Waals surface area (Å²) in [6, 6.07) is 2.48. The molecule has 5 nitrogen and oxygen atoms in total. The number of hydrogen-bond acceptors (Lipinski definition) is 5. The Kier molecular flexibility index (Phi) is 4.62. The Bertz CT molecular complexity index is 691. The van der Waals surface area contributed by atoms with Crippen LogP contribution in [0.1, 0.15) is 35.7 Å². The van der Waals surface area contributed by atoms with Crippen LogP contribution in [0, 0.1) is 11.8 Å². The van der Waals surface area contributed by atoms with Crippen molar-refractivity contribution in [2.45, 2.75) is 38.4 Å². The second kappa shape index (κ2) is 6.69. The van der Waals surface area contributed by atoms with Crippen molar-refractivity contribution in [2.75, 3.05) is 0 Å². The molecule has 2 aliphatic rings. The summed E-state index contributed by atoms with van der Waals surface area (Å²) < 4.78 is 5.47. The fourth-order valence-corrected chi connectivity index (χ4v) is 3.25. The molecule has 1 aliphatic carbocycles. The van der Waals surface area contributed by atoms with E-state index in [0.29, 0.717) is 17.4 Å². The molecule has 3 N–H and O–H groups in total. The van der Waals surface area contributed by atoms with E-state index in [1.807, 2.05) is 13.0 Å². The maximum Gasteiger partial charge on any atom is 0.342 e. The first kappa shape index (κ1) is 16.6. The molecule has 3 rings (SSSR count). The monoisotopic (exact) mass is 330 g/mol. The Balaban J connectivity index is 1.94. The first-order valence-corrected chi connectivity index (χ1v) is 8.23. The first-order chi connectivity index (χ1) is 11.4. The predicted octanol–water partition coefficient (Wildman–Crippen LogP) is 2.70. The quantitative estimate of drug-likeness (QED) is 0.637. The zero-order chi connectivity index (χ0) is 17.3. The van der Waals surface area contributed by atoms with Crippen LogP contribution in [0.2, 0.25) is 0 Å². The minimum atomic E-state index is -0.835. The number of carbonyl (C=O) groups is 1. The molecule has 0 aromatic heterocycles. The second-order valence-electron chi connectivity index (χ2n) is 6.65. The molecular weight excluding hydrogens is 308 g/mol. The second-order valence-corrected chi connectivity index (χ2v) is 6.65. The van der Waals surface area contributed by atoms with Gasteiger partial charge < -0.3 is 20.1 Å².